The second kappa shape index (κ2) is 5.60. The minimum Gasteiger partial charge on any atom is -0.493 e. The molecular weight excluding hydrogens is 362 g/mol. The van der Waals surface area contributed by atoms with Crippen molar-refractivity contribution in [3.05, 3.63) is 48.4 Å². The number of anilines is 1. The van der Waals surface area contributed by atoms with E-state index in [4.69, 9.17) is 9.72 Å². The van der Waals surface area contributed by atoms with Gasteiger partial charge in [0.15, 0.2) is 0 Å². The summed E-state index contributed by atoms with van der Waals surface area (Å²) in [6.45, 7) is 0.646. The number of nitrogens with zero attached hydrogens (tertiary/aromatic N) is 3. The van der Waals surface area contributed by atoms with Crippen LogP contribution in [0.1, 0.15) is 31.4 Å². The van der Waals surface area contributed by atoms with Crippen LogP contribution in [0.4, 0.5) is 5.82 Å². The van der Waals surface area contributed by atoms with Gasteiger partial charge in [-0.15, -0.1) is 0 Å². The van der Waals surface area contributed by atoms with Gasteiger partial charge in [-0.3, -0.25) is 10.00 Å². The molecule has 3 atom stereocenters. The van der Waals surface area contributed by atoms with E-state index in [1.54, 1.807) is 0 Å². The van der Waals surface area contributed by atoms with E-state index in [0.717, 1.165) is 52.5 Å². The molecule has 146 valence electrons. The molecule has 29 heavy (non-hydrogen) atoms. The zero-order chi connectivity index (χ0) is 19.0. The Morgan fingerprint density at radius 1 is 1.07 bits per heavy atom. The van der Waals surface area contributed by atoms with Crippen molar-refractivity contribution < 1.29 is 4.74 Å². The molecule has 3 fully saturated rings. The van der Waals surface area contributed by atoms with Crippen LogP contribution in [-0.2, 0) is 6.42 Å². The fourth-order valence-electron chi connectivity index (χ4n) is 6.03. The van der Waals surface area contributed by atoms with Crippen LogP contribution in [0.15, 0.2) is 42.7 Å². The third-order valence-electron chi connectivity index (χ3n) is 7.30. The van der Waals surface area contributed by atoms with Gasteiger partial charge in [0.2, 0.25) is 0 Å². The topological polar surface area (TPSA) is 66.1 Å². The van der Waals surface area contributed by atoms with Gasteiger partial charge in [-0.25, -0.2) is 4.98 Å². The molecule has 7 rings (SSSR count). The van der Waals surface area contributed by atoms with Crippen LogP contribution in [0.2, 0.25) is 0 Å². The van der Waals surface area contributed by atoms with Crippen molar-refractivity contribution in [2.75, 3.05) is 11.9 Å². The average Bonchev–Trinajstić information content (AvgIpc) is 3.24. The molecule has 0 spiro atoms. The van der Waals surface area contributed by atoms with E-state index in [2.05, 4.69) is 50.7 Å². The number of pyridine rings is 1. The highest BCUT2D eigenvalue weighted by molar-refractivity contribution is 5.78. The lowest BCUT2D eigenvalue weighted by molar-refractivity contribution is -0.145. The number of piperidine rings is 1. The Morgan fingerprint density at radius 3 is 2.76 bits per heavy atom. The normalized spacial score (nSPS) is 28.8. The van der Waals surface area contributed by atoms with Crippen molar-refractivity contribution in [2.24, 2.45) is 0 Å². The third-order valence-corrected chi connectivity index (χ3v) is 7.30. The van der Waals surface area contributed by atoms with Crippen molar-refractivity contribution >= 4 is 5.82 Å². The van der Waals surface area contributed by atoms with Gasteiger partial charge in [-0.1, -0.05) is 6.07 Å². The molecule has 2 aromatic heterocycles. The smallest absolute Gasteiger partial charge is 0.127 e. The molecule has 1 aromatic carbocycles. The van der Waals surface area contributed by atoms with Crippen LogP contribution in [0.5, 0.6) is 5.75 Å². The highest BCUT2D eigenvalue weighted by Gasteiger charge is 2.66. The number of aromatic amines is 1. The third kappa shape index (κ3) is 2.20. The maximum absolute atomic E-state index is 6.11. The lowest BCUT2D eigenvalue weighted by Crippen LogP contribution is -2.78. The number of ether oxygens (including phenoxy) is 1. The number of nitrogens with one attached hydrogen (secondary N) is 2. The average molecular weight is 385 g/mol. The van der Waals surface area contributed by atoms with Gasteiger partial charge in [0, 0.05) is 41.4 Å². The van der Waals surface area contributed by atoms with Gasteiger partial charge in [-0.2, -0.15) is 5.10 Å². The molecule has 4 aliphatic rings. The van der Waals surface area contributed by atoms with Crippen molar-refractivity contribution in [1.82, 2.24) is 20.1 Å². The van der Waals surface area contributed by atoms with Gasteiger partial charge in [0.05, 0.1) is 24.2 Å². The zero-order valence-corrected chi connectivity index (χ0v) is 16.2. The van der Waals surface area contributed by atoms with Gasteiger partial charge in [-0.05, 0) is 55.5 Å². The summed E-state index contributed by atoms with van der Waals surface area (Å²) >= 11 is 0. The van der Waals surface area contributed by atoms with Gasteiger partial charge in [0.25, 0.3) is 0 Å². The van der Waals surface area contributed by atoms with E-state index in [1.165, 1.54) is 31.2 Å². The second-order valence-electron chi connectivity index (χ2n) is 8.84. The summed E-state index contributed by atoms with van der Waals surface area (Å²) in [6.07, 6.45) is 9.85. The first-order valence-electron chi connectivity index (χ1n) is 10.6. The molecule has 6 nitrogen and oxygen atoms in total. The number of hydrogen-bond acceptors (Lipinski definition) is 5. The minimum absolute atomic E-state index is 0.186. The number of hydrogen-bond donors (Lipinski definition) is 2. The van der Waals surface area contributed by atoms with Gasteiger partial charge >= 0.3 is 0 Å². The lowest BCUT2D eigenvalue weighted by atomic mass is 9.75. The monoisotopic (exact) mass is 385 g/mol. The lowest BCUT2D eigenvalue weighted by Gasteiger charge is -2.66. The van der Waals surface area contributed by atoms with Crippen molar-refractivity contribution in [1.29, 1.82) is 0 Å². The molecule has 3 saturated heterocycles. The minimum atomic E-state index is 0.186. The van der Waals surface area contributed by atoms with Crippen molar-refractivity contribution in [3.63, 3.8) is 0 Å². The summed E-state index contributed by atoms with van der Waals surface area (Å²) in [5.41, 5.74) is 5.78. The first-order valence-corrected chi connectivity index (χ1v) is 10.6. The molecule has 0 radical (unpaired) electrons. The van der Waals surface area contributed by atoms with E-state index >= 15 is 0 Å². The van der Waals surface area contributed by atoms with Crippen LogP contribution < -0.4 is 10.1 Å². The van der Waals surface area contributed by atoms with Crippen molar-refractivity contribution in [2.45, 2.75) is 49.9 Å². The Bertz CT molecular complexity index is 1090. The SMILES string of the molecule is c1cc2c(cc1-c1cn[nH]c1)OCCc1nc(NC34C[C@H]5CC[C@@H](C3)N54)ccc1-2. The van der Waals surface area contributed by atoms with Crippen LogP contribution in [-0.4, -0.2) is 44.4 Å². The Kier molecular flexibility index (Phi) is 3.09. The second-order valence-corrected chi connectivity index (χ2v) is 8.84. The number of fused-ring (bicyclic) bond motifs is 3. The molecule has 6 heteroatoms. The van der Waals surface area contributed by atoms with Crippen LogP contribution in [0, 0.1) is 0 Å². The first kappa shape index (κ1) is 16.0. The summed E-state index contributed by atoms with van der Waals surface area (Å²) in [4.78, 5) is 7.71. The van der Waals surface area contributed by atoms with E-state index in [9.17, 15) is 0 Å². The summed E-state index contributed by atoms with van der Waals surface area (Å²) < 4.78 is 6.11. The quantitative estimate of drug-likeness (QED) is 0.717. The largest absolute Gasteiger partial charge is 0.493 e. The molecule has 0 amide bonds. The van der Waals surface area contributed by atoms with E-state index in [-0.39, 0.29) is 5.66 Å². The molecular formula is C23H23N5O. The number of benzene rings is 1. The maximum Gasteiger partial charge on any atom is 0.127 e. The standard InChI is InChI=1S/C23H23N5O/c1-4-19-18-5-6-22(27-23-10-16-2-3-17(11-23)28(16)23)26-20(18)7-8-29-21(19)9-14(1)15-12-24-25-13-15/h1,4-6,9,12-13,16-17H,2-3,7-8,10-11H2,(H,24,25)(H,26,27)/t16-,17+,23?. The number of H-pyrrole nitrogens is 1. The molecule has 6 heterocycles. The molecule has 2 N–H and O–H groups in total. The van der Waals surface area contributed by atoms with E-state index in [0.29, 0.717) is 6.61 Å². The Morgan fingerprint density at radius 2 is 1.93 bits per heavy atom. The molecule has 3 aromatic rings. The fraction of sp³-hybridized carbons (Fsp3) is 0.391. The summed E-state index contributed by atoms with van der Waals surface area (Å²) in [5.74, 6) is 1.93. The fourth-order valence-corrected chi connectivity index (χ4v) is 6.03. The number of aromatic nitrogens is 3. The molecule has 0 bridgehead atoms. The highest BCUT2D eigenvalue weighted by atomic mass is 16.5. The summed E-state index contributed by atoms with van der Waals surface area (Å²) in [7, 11) is 0. The summed E-state index contributed by atoms with van der Waals surface area (Å²) in [5, 5.41) is 10.7. The zero-order valence-electron chi connectivity index (χ0n) is 16.2. The molecule has 1 unspecified atom stereocenters. The van der Waals surface area contributed by atoms with Crippen LogP contribution >= 0.6 is 0 Å². The van der Waals surface area contributed by atoms with Gasteiger partial charge in [0.1, 0.15) is 11.6 Å². The first-order chi connectivity index (χ1) is 14.3. The molecule has 4 aliphatic heterocycles. The Hall–Kier alpha value is -2.86. The Balaban J connectivity index is 1.21. The highest BCUT2D eigenvalue weighted by Crippen LogP contribution is 2.58. The predicted octanol–water partition coefficient (Wildman–Crippen LogP) is 3.82. The van der Waals surface area contributed by atoms with E-state index in [1.807, 2.05) is 12.4 Å². The van der Waals surface area contributed by atoms with E-state index < -0.39 is 0 Å². The van der Waals surface area contributed by atoms with Crippen molar-refractivity contribution in [3.8, 4) is 28.0 Å². The van der Waals surface area contributed by atoms with Gasteiger partial charge < -0.3 is 10.1 Å². The predicted molar refractivity (Wildman–Crippen MR) is 111 cm³/mol. The maximum atomic E-state index is 6.11. The number of rotatable bonds is 3. The molecule has 0 aliphatic carbocycles. The van der Waals surface area contributed by atoms with Crippen LogP contribution in [0.25, 0.3) is 22.3 Å². The molecule has 0 saturated carbocycles. The van der Waals surface area contributed by atoms with Crippen LogP contribution in [0.3, 0.4) is 0 Å². The summed E-state index contributed by atoms with van der Waals surface area (Å²) in [6, 6.07) is 12.4. The Labute approximate surface area is 169 Å².